The van der Waals surface area contributed by atoms with Gasteiger partial charge >= 0.3 is 0 Å². The number of piperazine rings is 1. The molecule has 0 aliphatic carbocycles. The highest BCUT2D eigenvalue weighted by molar-refractivity contribution is 7.90. The van der Waals surface area contributed by atoms with Crippen molar-refractivity contribution in [2.45, 2.75) is 18.7 Å². The minimum atomic E-state index is -3.05. The van der Waals surface area contributed by atoms with Crippen molar-refractivity contribution in [1.82, 2.24) is 15.1 Å². The molecular formula is C18H20F2N4O2S. The number of benzene rings is 1. The molecule has 0 saturated carbocycles. The maximum Gasteiger partial charge on any atom is 0.154 e. The lowest BCUT2D eigenvalue weighted by Crippen LogP contribution is -2.46. The summed E-state index contributed by atoms with van der Waals surface area (Å²) in [5, 5.41) is 8.47. The van der Waals surface area contributed by atoms with Crippen LogP contribution in [0.25, 0.3) is 0 Å². The first-order valence-corrected chi connectivity index (χ1v) is 10.7. The average Bonchev–Trinajstić information content (AvgIpc) is 2.60. The van der Waals surface area contributed by atoms with Gasteiger partial charge < -0.3 is 4.90 Å². The first-order chi connectivity index (χ1) is 12.9. The van der Waals surface area contributed by atoms with E-state index in [0.717, 1.165) is 30.4 Å². The van der Waals surface area contributed by atoms with Crippen molar-refractivity contribution in [2.24, 2.45) is 0 Å². The van der Waals surface area contributed by atoms with Gasteiger partial charge in [0, 0.05) is 45.2 Å². The first-order valence-electron chi connectivity index (χ1n) is 8.86. The maximum atomic E-state index is 13.3. The van der Waals surface area contributed by atoms with Crippen molar-refractivity contribution in [3.05, 3.63) is 52.7 Å². The molecule has 6 nitrogen and oxygen atoms in total. The molecule has 3 heterocycles. The van der Waals surface area contributed by atoms with Gasteiger partial charge in [-0.1, -0.05) is 0 Å². The van der Waals surface area contributed by atoms with Crippen LogP contribution in [0.4, 0.5) is 14.6 Å². The molecule has 1 fully saturated rings. The van der Waals surface area contributed by atoms with E-state index in [0.29, 0.717) is 37.4 Å². The molecule has 2 aliphatic rings. The Morgan fingerprint density at radius 2 is 1.67 bits per heavy atom. The fourth-order valence-electron chi connectivity index (χ4n) is 3.59. The Kier molecular flexibility index (Phi) is 4.81. The number of fused-ring (bicyclic) bond motifs is 1. The number of hydrogen-bond donors (Lipinski definition) is 0. The first kappa shape index (κ1) is 18.2. The molecular weight excluding hydrogens is 374 g/mol. The number of nitrogens with zero attached hydrogens (tertiary/aromatic N) is 4. The fraction of sp³-hybridized carbons (Fsp3) is 0.444. The summed E-state index contributed by atoms with van der Waals surface area (Å²) in [6.07, 6.45) is 0.420. The molecule has 0 radical (unpaired) electrons. The zero-order valence-electron chi connectivity index (χ0n) is 14.7. The highest BCUT2D eigenvalue weighted by Gasteiger charge is 2.25. The summed E-state index contributed by atoms with van der Waals surface area (Å²) in [6.45, 7) is 3.30. The number of aromatic nitrogens is 2. The summed E-state index contributed by atoms with van der Waals surface area (Å²) in [5.74, 6) is -0.295. The number of rotatable bonds is 3. The molecule has 2 aromatic rings. The van der Waals surface area contributed by atoms with Crippen LogP contribution in [0.2, 0.25) is 0 Å². The average molecular weight is 394 g/mol. The second-order valence-electron chi connectivity index (χ2n) is 7.06. The van der Waals surface area contributed by atoms with E-state index in [1.54, 1.807) is 0 Å². The maximum absolute atomic E-state index is 13.3. The third-order valence-corrected chi connectivity index (χ3v) is 6.57. The number of halogens is 2. The van der Waals surface area contributed by atoms with Crippen LogP contribution in [0.5, 0.6) is 0 Å². The van der Waals surface area contributed by atoms with E-state index in [9.17, 15) is 17.2 Å². The third-order valence-electron chi connectivity index (χ3n) is 5.00. The Bertz CT molecular complexity index is 940. The Morgan fingerprint density at radius 1 is 0.963 bits per heavy atom. The van der Waals surface area contributed by atoms with E-state index in [4.69, 9.17) is 0 Å². The number of anilines is 1. The Balaban J connectivity index is 1.41. The quantitative estimate of drug-likeness (QED) is 0.787. The van der Waals surface area contributed by atoms with Gasteiger partial charge in [-0.2, -0.15) is 5.10 Å². The second-order valence-corrected chi connectivity index (χ2v) is 9.24. The number of aryl methyl sites for hydroxylation is 1. The molecule has 9 heteroatoms. The molecule has 0 atom stereocenters. The summed E-state index contributed by atoms with van der Waals surface area (Å²) >= 11 is 0. The van der Waals surface area contributed by atoms with Crippen LogP contribution in [0.1, 0.15) is 16.8 Å². The van der Waals surface area contributed by atoms with E-state index in [1.807, 2.05) is 6.07 Å². The Hall–Kier alpha value is -2.13. The topological polar surface area (TPSA) is 66.4 Å². The molecule has 1 saturated heterocycles. The number of hydrogen-bond acceptors (Lipinski definition) is 6. The van der Waals surface area contributed by atoms with Crippen molar-refractivity contribution in [3.8, 4) is 0 Å². The van der Waals surface area contributed by atoms with Crippen molar-refractivity contribution in [1.29, 1.82) is 0 Å². The normalized spacial score (nSPS) is 19.7. The van der Waals surface area contributed by atoms with Crippen LogP contribution in [-0.2, 0) is 28.6 Å². The van der Waals surface area contributed by atoms with Crippen molar-refractivity contribution in [2.75, 3.05) is 36.8 Å². The van der Waals surface area contributed by atoms with E-state index in [1.165, 1.54) is 12.1 Å². The minimum Gasteiger partial charge on any atom is -0.353 e. The largest absolute Gasteiger partial charge is 0.353 e. The predicted molar refractivity (Wildman–Crippen MR) is 97.1 cm³/mol. The molecule has 1 aromatic heterocycles. The van der Waals surface area contributed by atoms with Gasteiger partial charge in [-0.05, 0) is 29.3 Å². The SMILES string of the molecule is O=S1(=O)CCc2nnc(N3CCN(Cc4cc(F)cc(F)c4)CC3)cc2C1. The molecule has 27 heavy (non-hydrogen) atoms. The lowest BCUT2D eigenvalue weighted by molar-refractivity contribution is 0.248. The van der Waals surface area contributed by atoms with Crippen molar-refractivity contribution >= 4 is 15.7 Å². The Labute approximate surface area is 156 Å². The monoisotopic (exact) mass is 394 g/mol. The van der Waals surface area contributed by atoms with Gasteiger partial charge in [-0.3, -0.25) is 4.90 Å². The lowest BCUT2D eigenvalue weighted by Gasteiger charge is -2.35. The Morgan fingerprint density at radius 3 is 2.37 bits per heavy atom. The summed E-state index contributed by atoms with van der Waals surface area (Å²) in [6, 6.07) is 5.41. The summed E-state index contributed by atoms with van der Waals surface area (Å²) < 4.78 is 50.4. The van der Waals surface area contributed by atoms with Crippen molar-refractivity contribution in [3.63, 3.8) is 0 Å². The molecule has 1 aromatic carbocycles. The van der Waals surface area contributed by atoms with Crippen LogP contribution >= 0.6 is 0 Å². The highest BCUT2D eigenvalue weighted by Crippen LogP contribution is 2.23. The zero-order valence-corrected chi connectivity index (χ0v) is 15.6. The van der Waals surface area contributed by atoms with Gasteiger partial charge in [-0.25, -0.2) is 17.2 Å². The zero-order chi connectivity index (χ0) is 19.0. The minimum absolute atomic E-state index is 0.0238. The fourth-order valence-corrected chi connectivity index (χ4v) is 4.96. The van der Waals surface area contributed by atoms with Gasteiger partial charge in [0.1, 0.15) is 11.6 Å². The van der Waals surface area contributed by atoms with Crippen LogP contribution in [0, 0.1) is 11.6 Å². The molecule has 2 aliphatic heterocycles. The van der Waals surface area contributed by atoms with Gasteiger partial charge in [0.2, 0.25) is 0 Å². The van der Waals surface area contributed by atoms with Gasteiger partial charge in [0.15, 0.2) is 15.7 Å². The molecule has 0 spiro atoms. The van der Waals surface area contributed by atoms with Gasteiger partial charge in [-0.15, -0.1) is 5.10 Å². The molecule has 0 unspecified atom stereocenters. The van der Waals surface area contributed by atoms with Crippen molar-refractivity contribution < 1.29 is 17.2 Å². The summed E-state index contributed by atoms with van der Waals surface area (Å²) in [5.41, 5.74) is 2.11. The standard InChI is InChI=1S/C18H20F2N4O2S/c19-15-7-13(8-16(20)10-15)11-23-2-4-24(5-3-23)18-9-14-12-27(25,26)6-1-17(14)21-22-18/h7-10H,1-6,11-12H2. The predicted octanol–water partition coefficient (Wildman–Crippen LogP) is 1.55. The molecule has 4 rings (SSSR count). The van der Waals surface area contributed by atoms with Gasteiger partial charge in [0.05, 0.1) is 17.2 Å². The van der Waals surface area contributed by atoms with E-state index in [-0.39, 0.29) is 11.5 Å². The summed E-state index contributed by atoms with van der Waals surface area (Å²) in [7, 11) is -3.05. The molecule has 0 N–H and O–H groups in total. The second kappa shape index (κ2) is 7.12. The van der Waals surface area contributed by atoms with E-state index in [2.05, 4.69) is 20.0 Å². The highest BCUT2D eigenvalue weighted by atomic mass is 32.2. The van der Waals surface area contributed by atoms with Crippen LogP contribution in [0.3, 0.4) is 0 Å². The van der Waals surface area contributed by atoms with E-state index < -0.39 is 21.5 Å². The molecule has 0 bridgehead atoms. The lowest BCUT2D eigenvalue weighted by atomic mass is 10.1. The molecule has 0 amide bonds. The van der Waals surface area contributed by atoms with Crippen LogP contribution < -0.4 is 4.90 Å². The van der Waals surface area contributed by atoms with E-state index >= 15 is 0 Å². The van der Waals surface area contributed by atoms with Crippen LogP contribution in [0.15, 0.2) is 24.3 Å². The summed E-state index contributed by atoms with van der Waals surface area (Å²) in [4.78, 5) is 4.19. The number of sulfone groups is 1. The molecule has 144 valence electrons. The third kappa shape index (κ3) is 4.24. The van der Waals surface area contributed by atoms with Crippen LogP contribution in [-0.4, -0.2) is 55.4 Å². The van der Waals surface area contributed by atoms with Gasteiger partial charge in [0.25, 0.3) is 0 Å². The smallest absolute Gasteiger partial charge is 0.154 e.